The molecule has 0 bridgehead atoms. The van der Waals surface area contributed by atoms with Gasteiger partial charge in [0.2, 0.25) is 5.88 Å². The highest BCUT2D eigenvalue weighted by molar-refractivity contribution is 5.76. The third-order valence-corrected chi connectivity index (χ3v) is 5.33. The molecule has 1 aliphatic rings. The number of fused-ring (bicyclic) bond motifs is 1. The second-order valence-corrected chi connectivity index (χ2v) is 9.25. The summed E-state index contributed by atoms with van der Waals surface area (Å²) in [5.41, 5.74) is 1.18. The Labute approximate surface area is 199 Å². The molecule has 182 valence electrons. The maximum atomic E-state index is 12.6. The molecule has 0 unspecified atom stereocenters. The number of carbonyl (C=O) groups excluding carboxylic acids is 1. The Bertz CT molecular complexity index is 1130. The van der Waals surface area contributed by atoms with Crippen LogP contribution in [0.1, 0.15) is 33.6 Å². The van der Waals surface area contributed by atoms with Gasteiger partial charge in [0, 0.05) is 38.5 Å². The first-order valence-corrected chi connectivity index (χ1v) is 11.5. The fourth-order valence-electron chi connectivity index (χ4n) is 3.83. The Morgan fingerprint density at radius 3 is 2.88 bits per heavy atom. The van der Waals surface area contributed by atoms with E-state index < -0.39 is 5.60 Å². The summed E-state index contributed by atoms with van der Waals surface area (Å²) >= 11 is 0. The van der Waals surface area contributed by atoms with Crippen LogP contribution in [0.5, 0.6) is 5.88 Å². The highest BCUT2D eigenvalue weighted by atomic mass is 16.6. The molecule has 1 atom stereocenters. The largest absolute Gasteiger partial charge is 0.475 e. The maximum Gasteiger partial charge on any atom is 0.410 e. The molecule has 4 heterocycles. The van der Waals surface area contributed by atoms with Crippen molar-refractivity contribution in [2.24, 2.45) is 0 Å². The molecule has 0 spiro atoms. The topological polar surface area (TPSA) is 103 Å². The number of aromatic nitrogens is 4. The number of methoxy groups -OCH3 is 1. The summed E-state index contributed by atoms with van der Waals surface area (Å²) in [5, 5.41) is 7.87. The van der Waals surface area contributed by atoms with Crippen molar-refractivity contribution in [1.82, 2.24) is 24.5 Å². The molecular formula is C24H32N6O4. The zero-order chi connectivity index (χ0) is 24.1. The number of piperidine rings is 1. The smallest absolute Gasteiger partial charge is 0.410 e. The number of nitrogens with zero attached hydrogens (tertiary/aromatic N) is 5. The maximum absolute atomic E-state index is 12.6. The van der Waals surface area contributed by atoms with Gasteiger partial charge in [-0.15, -0.1) is 0 Å². The van der Waals surface area contributed by atoms with E-state index in [9.17, 15) is 4.79 Å². The molecule has 0 radical (unpaired) electrons. The molecule has 1 saturated heterocycles. The zero-order valence-electron chi connectivity index (χ0n) is 20.2. The number of ether oxygens (including phenoxy) is 3. The fraction of sp³-hybridized carbons (Fsp3) is 0.500. The van der Waals surface area contributed by atoms with Crippen LogP contribution in [-0.2, 0) is 9.47 Å². The quantitative estimate of drug-likeness (QED) is 0.525. The lowest BCUT2D eigenvalue weighted by Gasteiger charge is -2.34. The minimum absolute atomic E-state index is 0.0275. The summed E-state index contributed by atoms with van der Waals surface area (Å²) in [5.74, 6) is 1.59. The summed E-state index contributed by atoms with van der Waals surface area (Å²) in [6.45, 7) is 7.65. The molecule has 34 heavy (non-hydrogen) atoms. The molecule has 1 N–H and O–H groups in total. The van der Waals surface area contributed by atoms with E-state index in [-0.39, 0.29) is 12.1 Å². The van der Waals surface area contributed by atoms with Gasteiger partial charge < -0.3 is 24.4 Å². The van der Waals surface area contributed by atoms with Gasteiger partial charge in [-0.25, -0.2) is 14.3 Å². The Morgan fingerprint density at radius 1 is 1.24 bits per heavy atom. The predicted octanol–water partition coefficient (Wildman–Crippen LogP) is 3.63. The Morgan fingerprint density at radius 2 is 2.09 bits per heavy atom. The molecular weight excluding hydrogens is 436 g/mol. The predicted molar refractivity (Wildman–Crippen MR) is 128 cm³/mol. The van der Waals surface area contributed by atoms with Gasteiger partial charge in [0.15, 0.2) is 5.82 Å². The summed E-state index contributed by atoms with van der Waals surface area (Å²) in [6.07, 6.45) is 5.12. The van der Waals surface area contributed by atoms with Crippen LogP contribution in [-0.4, -0.2) is 75.6 Å². The first-order chi connectivity index (χ1) is 16.3. The number of nitrogens with one attached hydrogen (secondary N) is 1. The fourth-order valence-corrected chi connectivity index (χ4v) is 3.83. The summed E-state index contributed by atoms with van der Waals surface area (Å²) in [6, 6.07) is 7.64. The van der Waals surface area contributed by atoms with Crippen molar-refractivity contribution in [1.29, 1.82) is 0 Å². The third kappa shape index (κ3) is 5.93. The van der Waals surface area contributed by atoms with E-state index in [4.69, 9.17) is 19.2 Å². The van der Waals surface area contributed by atoms with Crippen LogP contribution in [0.2, 0.25) is 0 Å². The van der Waals surface area contributed by atoms with Crippen molar-refractivity contribution in [2.75, 3.05) is 38.7 Å². The van der Waals surface area contributed by atoms with E-state index in [1.54, 1.807) is 28.8 Å². The number of hydrogen-bond donors (Lipinski definition) is 1. The highest BCUT2D eigenvalue weighted by Gasteiger charge is 2.28. The van der Waals surface area contributed by atoms with E-state index in [0.29, 0.717) is 43.8 Å². The SMILES string of the molecule is COCCOc1cc(N[C@@H]2CCCN(C(=O)OC(C)(C)C)C2)nc(-c2cnn3ccccc23)n1. The van der Waals surface area contributed by atoms with Crippen molar-refractivity contribution < 1.29 is 19.0 Å². The van der Waals surface area contributed by atoms with E-state index in [1.165, 1.54) is 0 Å². The molecule has 0 saturated carbocycles. The number of likely N-dealkylation sites (tertiary alicyclic amines) is 1. The van der Waals surface area contributed by atoms with Crippen molar-refractivity contribution in [3.05, 3.63) is 36.7 Å². The van der Waals surface area contributed by atoms with E-state index in [0.717, 1.165) is 23.9 Å². The molecule has 10 heteroatoms. The Balaban J connectivity index is 1.56. The van der Waals surface area contributed by atoms with Crippen molar-refractivity contribution >= 4 is 17.4 Å². The van der Waals surface area contributed by atoms with Crippen LogP contribution < -0.4 is 10.1 Å². The second kappa shape index (κ2) is 10.3. The first-order valence-electron chi connectivity index (χ1n) is 11.5. The number of hydrogen-bond acceptors (Lipinski definition) is 8. The average Bonchev–Trinajstić information content (AvgIpc) is 3.22. The van der Waals surface area contributed by atoms with Gasteiger partial charge in [-0.05, 0) is 45.7 Å². The van der Waals surface area contributed by atoms with Crippen molar-refractivity contribution in [3.63, 3.8) is 0 Å². The van der Waals surface area contributed by atoms with Gasteiger partial charge >= 0.3 is 6.09 Å². The molecule has 3 aromatic rings. The molecule has 4 rings (SSSR count). The summed E-state index contributed by atoms with van der Waals surface area (Å²) in [4.78, 5) is 23.7. The van der Waals surface area contributed by atoms with Gasteiger partial charge in [0.25, 0.3) is 0 Å². The standard InChI is InChI=1S/C24H32N6O4/c1-24(2,3)34-23(31)29-10-7-8-17(16-29)26-20-14-21(33-13-12-32-4)28-22(27-20)18-15-25-30-11-6-5-9-19(18)30/h5-6,9,11,14-15,17H,7-8,10,12-13,16H2,1-4H3,(H,26,27,28)/t17-/m1/s1. The molecule has 0 aliphatic carbocycles. The number of pyridine rings is 1. The molecule has 1 fully saturated rings. The van der Waals surface area contributed by atoms with Crippen LogP contribution in [0, 0.1) is 0 Å². The third-order valence-electron chi connectivity index (χ3n) is 5.33. The van der Waals surface area contributed by atoms with Gasteiger partial charge in [-0.2, -0.15) is 10.1 Å². The van der Waals surface area contributed by atoms with Gasteiger partial charge in [0.05, 0.1) is 23.9 Å². The van der Waals surface area contributed by atoms with Crippen molar-refractivity contribution in [3.8, 4) is 17.3 Å². The number of amides is 1. The van der Waals surface area contributed by atoms with Gasteiger partial charge in [0.1, 0.15) is 18.0 Å². The first kappa shape index (κ1) is 23.7. The van der Waals surface area contributed by atoms with Crippen LogP contribution >= 0.6 is 0 Å². The van der Waals surface area contributed by atoms with E-state index >= 15 is 0 Å². The second-order valence-electron chi connectivity index (χ2n) is 9.25. The lowest BCUT2D eigenvalue weighted by Crippen LogP contribution is -2.47. The van der Waals surface area contributed by atoms with Crippen molar-refractivity contribution in [2.45, 2.75) is 45.3 Å². The lowest BCUT2D eigenvalue weighted by molar-refractivity contribution is 0.0206. The molecule has 0 aromatic carbocycles. The zero-order valence-corrected chi connectivity index (χ0v) is 20.2. The molecule has 10 nitrogen and oxygen atoms in total. The minimum Gasteiger partial charge on any atom is -0.475 e. The van der Waals surface area contributed by atoms with Crippen LogP contribution in [0.4, 0.5) is 10.6 Å². The van der Waals surface area contributed by atoms with E-state index in [1.807, 2.05) is 45.2 Å². The number of anilines is 1. The summed E-state index contributed by atoms with van der Waals surface area (Å²) < 4.78 is 18.2. The van der Waals surface area contributed by atoms with E-state index in [2.05, 4.69) is 15.4 Å². The number of rotatable bonds is 7. The normalized spacial score (nSPS) is 16.5. The number of carbonyl (C=O) groups is 1. The Kier molecular flexibility index (Phi) is 7.16. The van der Waals surface area contributed by atoms with Crippen LogP contribution in [0.15, 0.2) is 36.7 Å². The molecule has 1 aliphatic heterocycles. The van der Waals surface area contributed by atoms with Crippen LogP contribution in [0.3, 0.4) is 0 Å². The highest BCUT2D eigenvalue weighted by Crippen LogP contribution is 2.26. The van der Waals surface area contributed by atoms with Gasteiger partial charge in [-0.1, -0.05) is 6.07 Å². The summed E-state index contributed by atoms with van der Waals surface area (Å²) in [7, 11) is 1.63. The average molecular weight is 469 g/mol. The monoisotopic (exact) mass is 468 g/mol. The lowest BCUT2D eigenvalue weighted by atomic mass is 10.1. The molecule has 3 aromatic heterocycles. The van der Waals surface area contributed by atoms with Gasteiger partial charge in [-0.3, -0.25) is 0 Å². The Hall–Kier alpha value is -3.40. The molecule has 1 amide bonds. The van der Waals surface area contributed by atoms with Crippen LogP contribution in [0.25, 0.3) is 16.9 Å². The minimum atomic E-state index is -0.526.